The van der Waals surface area contributed by atoms with Crippen LogP contribution in [-0.2, 0) is 16.1 Å². The van der Waals surface area contributed by atoms with E-state index in [0.717, 1.165) is 49.8 Å². The summed E-state index contributed by atoms with van der Waals surface area (Å²) in [5.74, 6) is 1.93. The van der Waals surface area contributed by atoms with Crippen molar-refractivity contribution in [3.8, 4) is 5.75 Å². The van der Waals surface area contributed by atoms with Crippen molar-refractivity contribution in [2.24, 2.45) is 34.0 Å². The summed E-state index contributed by atoms with van der Waals surface area (Å²) in [5, 5.41) is 11.5. The minimum Gasteiger partial charge on any atom is -0.494 e. The van der Waals surface area contributed by atoms with E-state index in [4.69, 9.17) is 9.47 Å². The molecule has 0 amide bonds. The highest BCUT2D eigenvalue weighted by Crippen LogP contribution is 2.70. The van der Waals surface area contributed by atoms with Gasteiger partial charge in [0, 0.05) is 18.3 Å². The molecular weight excluding hydrogens is 460 g/mol. The molecule has 0 bridgehead atoms. The number of hydrogen-bond acceptors (Lipinski definition) is 4. The molecule has 1 unspecified atom stereocenters. The van der Waals surface area contributed by atoms with Crippen molar-refractivity contribution in [3.05, 3.63) is 54.1 Å². The van der Waals surface area contributed by atoms with Crippen molar-refractivity contribution < 1.29 is 19.4 Å². The third kappa shape index (κ3) is 4.23. The molecule has 3 saturated carbocycles. The van der Waals surface area contributed by atoms with Gasteiger partial charge in [-0.1, -0.05) is 43.7 Å². The summed E-state index contributed by atoms with van der Waals surface area (Å²) in [6, 6.07) is 7.95. The highest BCUT2D eigenvalue weighted by molar-refractivity contribution is 5.84. The van der Waals surface area contributed by atoms with Crippen molar-refractivity contribution in [3.63, 3.8) is 0 Å². The number of ether oxygens (including phenoxy) is 2. The molecular formula is C33H46O4. The third-order valence-corrected chi connectivity index (χ3v) is 11.4. The van der Waals surface area contributed by atoms with Gasteiger partial charge in [-0.25, -0.2) is 0 Å². The van der Waals surface area contributed by atoms with Gasteiger partial charge >= 0.3 is 0 Å². The molecule has 202 valence electrons. The first-order valence-corrected chi connectivity index (χ1v) is 14.5. The number of ketones is 1. The van der Waals surface area contributed by atoms with Crippen LogP contribution in [0.2, 0.25) is 0 Å². The second-order valence-electron chi connectivity index (χ2n) is 12.9. The summed E-state index contributed by atoms with van der Waals surface area (Å²) < 4.78 is 11.7. The predicted octanol–water partition coefficient (Wildman–Crippen LogP) is 7.40. The number of aliphatic hydroxyl groups is 1. The summed E-state index contributed by atoms with van der Waals surface area (Å²) in [4.78, 5) is 13.0. The maximum Gasteiger partial charge on any atom is 0.169 e. The monoisotopic (exact) mass is 506 g/mol. The van der Waals surface area contributed by atoms with Gasteiger partial charge in [0.1, 0.15) is 11.5 Å². The van der Waals surface area contributed by atoms with Gasteiger partial charge in [0.2, 0.25) is 0 Å². The first-order chi connectivity index (χ1) is 17.6. The summed E-state index contributed by atoms with van der Waals surface area (Å²) in [6.07, 6.45) is 13.0. The van der Waals surface area contributed by atoms with Crippen molar-refractivity contribution in [1.29, 1.82) is 0 Å². The van der Waals surface area contributed by atoms with Crippen LogP contribution in [0.1, 0.15) is 91.0 Å². The Bertz CT molecular complexity index is 1060. The fourth-order valence-corrected chi connectivity index (χ4v) is 9.25. The molecule has 0 heterocycles. The van der Waals surface area contributed by atoms with Gasteiger partial charge in [0.25, 0.3) is 0 Å². The molecule has 1 aromatic rings. The van der Waals surface area contributed by atoms with Gasteiger partial charge in [-0.2, -0.15) is 0 Å². The zero-order valence-corrected chi connectivity index (χ0v) is 23.4. The number of carbonyl (C=O) groups excluding carboxylic acids is 1. The normalized spacial score (nSPS) is 40.7. The zero-order chi connectivity index (χ0) is 26.5. The Kier molecular flexibility index (Phi) is 6.98. The molecule has 5 rings (SSSR count). The summed E-state index contributed by atoms with van der Waals surface area (Å²) in [6.45, 7) is 13.7. The fourth-order valence-electron chi connectivity index (χ4n) is 9.25. The number of fused-ring (bicyclic) bond motifs is 5. The van der Waals surface area contributed by atoms with E-state index in [2.05, 4.69) is 26.5 Å². The average Bonchev–Trinajstić information content (AvgIpc) is 3.18. The molecule has 0 saturated heterocycles. The van der Waals surface area contributed by atoms with Crippen LogP contribution in [0.25, 0.3) is 0 Å². The van der Waals surface area contributed by atoms with Crippen molar-refractivity contribution in [2.45, 2.75) is 97.9 Å². The number of benzene rings is 1. The maximum atomic E-state index is 13.0. The zero-order valence-electron chi connectivity index (χ0n) is 23.4. The van der Waals surface area contributed by atoms with E-state index in [1.54, 1.807) is 0 Å². The van der Waals surface area contributed by atoms with Gasteiger partial charge in [-0.15, -0.1) is 6.58 Å². The number of Topliss-reactive ketones (excluding diaryl/α,β-unsaturated/α-hetero) is 1. The largest absolute Gasteiger partial charge is 0.494 e. The Morgan fingerprint density at radius 1 is 1.11 bits per heavy atom. The lowest BCUT2D eigenvalue weighted by Gasteiger charge is -2.60. The molecule has 7 atom stereocenters. The summed E-state index contributed by atoms with van der Waals surface area (Å²) in [7, 11) is 0. The number of allylic oxidation sites excluding steroid dienone is 2. The molecule has 1 N–H and O–H groups in total. The summed E-state index contributed by atoms with van der Waals surface area (Å²) in [5.41, 5.74) is 2.37. The van der Waals surface area contributed by atoms with E-state index in [1.807, 2.05) is 44.2 Å². The number of rotatable bonds is 8. The van der Waals surface area contributed by atoms with Crippen LogP contribution < -0.4 is 4.74 Å². The number of hydrogen-bond donors (Lipinski definition) is 1. The van der Waals surface area contributed by atoms with Crippen LogP contribution in [-0.4, -0.2) is 23.3 Å². The Morgan fingerprint density at radius 3 is 2.51 bits per heavy atom. The van der Waals surface area contributed by atoms with E-state index in [1.165, 1.54) is 12.0 Å². The second-order valence-corrected chi connectivity index (χ2v) is 12.9. The molecule has 37 heavy (non-hydrogen) atoms. The van der Waals surface area contributed by atoms with E-state index in [9.17, 15) is 9.90 Å². The topological polar surface area (TPSA) is 55.8 Å². The van der Waals surface area contributed by atoms with Crippen LogP contribution in [0.3, 0.4) is 0 Å². The molecule has 0 aromatic heterocycles. The molecule has 4 nitrogen and oxygen atoms in total. The predicted molar refractivity (Wildman–Crippen MR) is 147 cm³/mol. The second kappa shape index (κ2) is 9.68. The lowest BCUT2D eigenvalue weighted by molar-refractivity contribution is -0.231. The number of carbonyl (C=O) groups is 1. The first kappa shape index (κ1) is 26.7. The standard InChI is InChI=1S/C33H46O4/c1-6-16-32(23(3)34)18-15-29-27-13-10-25-21-33(35,37-22-24-8-11-26(12-9-24)36-7-2)20-19-30(25,4)28(27)14-17-31(29,32)5/h6,8-12,27-29,35H,1,7,13-22H2,2-5H3/t27-,28+,29+,30+,31+,32-,33?/m1/s1. The molecule has 4 aliphatic carbocycles. The smallest absolute Gasteiger partial charge is 0.169 e. The minimum absolute atomic E-state index is 0.0616. The Balaban J connectivity index is 1.31. The first-order valence-electron chi connectivity index (χ1n) is 14.5. The maximum absolute atomic E-state index is 13.0. The Hall–Kier alpha value is -1.91. The van der Waals surface area contributed by atoms with Crippen LogP contribution in [0.5, 0.6) is 5.75 Å². The lowest BCUT2D eigenvalue weighted by Crippen LogP contribution is -2.55. The van der Waals surface area contributed by atoms with Crippen molar-refractivity contribution in [2.75, 3.05) is 6.61 Å². The minimum atomic E-state index is -1.11. The highest BCUT2D eigenvalue weighted by Gasteiger charge is 2.65. The van der Waals surface area contributed by atoms with Gasteiger partial charge in [-0.3, -0.25) is 4.79 Å². The molecule has 4 heteroatoms. The molecule has 3 fully saturated rings. The molecule has 0 aliphatic heterocycles. The molecule has 4 aliphatic rings. The fraction of sp³-hybridized carbons (Fsp3) is 0.667. The van der Waals surface area contributed by atoms with E-state index in [0.29, 0.717) is 49.6 Å². The van der Waals surface area contributed by atoms with E-state index >= 15 is 0 Å². The van der Waals surface area contributed by atoms with E-state index < -0.39 is 5.79 Å². The Labute approximate surface area is 223 Å². The van der Waals surface area contributed by atoms with Gasteiger partial charge in [-0.05, 0) is 105 Å². The van der Waals surface area contributed by atoms with Crippen molar-refractivity contribution in [1.82, 2.24) is 0 Å². The van der Waals surface area contributed by atoms with Crippen LogP contribution in [0.15, 0.2) is 48.6 Å². The van der Waals surface area contributed by atoms with E-state index in [-0.39, 0.29) is 16.2 Å². The van der Waals surface area contributed by atoms with Gasteiger partial charge in [0.05, 0.1) is 13.2 Å². The Morgan fingerprint density at radius 2 is 1.84 bits per heavy atom. The molecule has 1 aromatic carbocycles. The van der Waals surface area contributed by atoms with Crippen LogP contribution >= 0.6 is 0 Å². The van der Waals surface area contributed by atoms with Gasteiger partial charge < -0.3 is 14.6 Å². The third-order valence-electron chi connectivity index (χ3n) is 11.4. The quantitative estimate of drug-likeness (QED) is 0.295. The SMILES string of the molecule is C=CC[C@]1(C(C)=O)CC[C@H]2[C@@H]3CC=C4CC(O)(OCc5ccc(OCC)cc5)CC[C@]4(C)[C@H]3CC[C@@]21C. The van der Waals surface area contributed by atoms with Crippen LogP contribution in [0.4, 0.5) is 0 Å². The molecule has 0 spiro atoms. The van der Waals surface area contributed by atoms with Gasteiger partial charge in [0.15, 0.2) is 5.79 Å². The average molecular weight is 507 g/mol. The van der Waals surface area contributed by atoms with Crippen molar-refractivity contribution >= 4 is 5.78 Å². The van der Waals surface area contributed by atoms with Crippen LogP contribution in [0, 0.1) is 34.0 Å². The highest BCUT2D eigenvalue weighted by atomic mass is 16.6. The lowest BCUT2D eigenvalue weighted by atomic mass is 9.45. The molecule has 0 radical (unpaired) electrons. The summed E-state index contributed by atoms with van der Waals surface area (Å²) >= 11 is 0.